The standard InChI is InChI=1S/C16H12N4O4S/c1-9-14(21)20(16(25)19-18-9)17-8-12-6-7-13(24-12)10-2-4-11(5-3-10)15(22)23/h2-8H,1H3,(H,19,25)(H,22,23)/b17-8-. The van der Waals surface area contributed by atoms with Crippen molar-refractivity contribution in [2.75, 3.05) is 0 Å². The van der Waals surface area contributed by atoms with Crippen LogP contribution in [0.3, 0.4) is 0 Å². The molecule has 126 valence electrons. The molecule has 0 aliphatic heterocycles. The topological polar surface area (TPSA) is 113 Å². The minimum atomic E-state index is -0.992. The first-order valence-corrected chi connectivity index (χ1v) is 7.53. The second-order valence-corrected chi connectivity index (χ2v) is 5.45. The van der Waals surface area contributed by atoms with Crippen LogP contribution in [-0.2, 0) is 0 Å². The van der Waals surface area contributed by atoms with E-state index in [9.17, 15) is 9.59 Å². The van der Waals surface area contributed by atoms with Gasteiger partial charge in [0.25, 0.3) is 5.56 Å². The van der Waals surface area contributed by atoms with Gasteiger partial charge >= 0.3 is 5.97 Å². The molecule has 0 amide bonds. The Morgan fingerprint density at radius 1 is 1.32 bits per heavy atom. The highest BCUT2D eigenvalue weighted by Gasteiger charge is 2.07. The molecule has 25 heavy (non-hydrogen) atoms. The molecule has 0 unspecified atom stereocenters. The summed E-state index contributed by atoms with van der Waals surface area (Å²) in [6.45, 7) is 1.55. The summed E-state index contributed by atoms with van der Waals surface area (Å²) in [6, 6.07) is 9.68. The molecule has 0 saturated heterocycles. The molecule has 0 fully saturated rings. The first kappa shape index (κ1) is 16.5. The number of nitrogens with zero attached hydrogens (tertiary/aromatic N) is 3. The van der Waals surface area contributed by atoms with Crippen molar-refractivity contribution in [3.8, 4) is 11.3 Å². The summed E-state index contributed by atoms with van der Waals surface area (Å²) in [5.74, 6) is -0.0386. The van der Waals surface area contributed by atoms with Crippen LogP contribution in [0.4, 0.5) is 0 Å². The minimum Gasteiger partial charge on any atom is -0.478 e. The van der Waals surface area contributed by atoms with Gasteiger partial charge in [0.1, 0.15) is 17.2 Å². The number of aromatic amines is 1. The number of hydrogen-bond donors (Lipinski definition) is 2. The van der Waals surface area contributed by atoms with Crippen molar-refractivity contribution in [2.24, 2.45) is 5.10 Å². The molecule has 0 saturated carbocycles. The smallest absolute Gasteiger partial charge is 0.335 e. The highest BCUT2D eigenvalue weighted by molar-refractivity contribution is 7.71. The zero-order valence-electron chi connectivity index (χ0n) is 13.0. The van der Waals surface area contributed by atoms with Gasteiger partial charge in [0.15, 0.2) is 0 Å². The monoisotopic (exact) mass is 356 g/mol. The Labute approximate surface area is 146 Å². The lowest BCUT2D eigenvalue weighted by atomic mass is 10.1. The van der Waals surface area contributed by atoms with Gasteiger partial charge in [-0.1, -0.05) is 12.1 Å². The molecule has 9 heteroatoms. The van der Waals surface area contributed by atoms with Gasteiger partial charge in [-0.25, -0.2) is 4.79 Å². The molecule has 8 nitrogen and oxygen atoms in total. The summed E-state index contributed by atoms with van der Waals surface area (Å²) in [4.78, 5) is 22.8. The highest BCUT2D eigenvalue weighted by atomic mass is 32.1. The number of carboxylic acid groups (broad SMARTS) is 1. The van der Waals surface area contributed by atoms with Crippen LogP contribution < -0.4 is 5.56 Å². The van der Waals surface area contributed by atoms with Crippen LogP contribution in [0.5, 0.6) is 0 Å². The van der Waals surface area contributed by atoms with Crippen molar-refractivity contribution < 1.29 is 14.3 Å². The maximum absolute atomic E-state index is 11.9. The summed E-state index contributed by atoms with van der Waals surface area (Å²) >= 11 is 4.98. The van der Waals surface area contributed by atoms with E-state index in [1.54, 1.807) is 31.2 Å². The van der Waals surface area contributed by atoms with Crippen LogP contribution in [-0.4, -0.2) is 32.2 Å². The first-order chi connectivity index (χ1) is 12.0. The molecular weight excluding hydrogens is 344 g/mol. The third-order valence-electron chi connectivity index (χ3n) is 3.36. The van der Waals surface area contributed by atoms with E-state index < -0.39 is 11.5 Å². The quantitative estimate of drug-likeness (QED) is 0.548. The highest BCUT2D eigenvalue weighted by Crippen LogP contribution is 2.22. The zero-order chi connectivity index (χ0) is 18.0. The van der Waals surface area contributed by atoms with Crippen LogP contribution in [0.15, 0.2) is 50.7 Å². The van der Waals surface area contributed by atoms with Crippen molar-refractivity contribution in [1.29, 1.82) is 0 Å². The fourth-order valence-electron chi connectivity index (χ4n) is 2.05. The number of furan rings is 1. The predicted molar refractivity (Wildman–Crippen MR) is 92.5 cm³/mol. The van der Waals surface area contributed by atoms with Crippen molar-refractivity contribution in [3.05, 3.63) is 68.5 Å². The Hall–Kier alpha value is -3.33. The SMILES string of the molecule is Cc1n[nH]c(=S)n(/N=C\c2ccc(-c3ccc(C(=O)O)cc3)o2)c1=O. The van der Waals surface area contributed by atoms with E-state index in [1.165, 1.54) is 18.3 Å². The number of nitrogens with one attached hydrogen (secondary N) is 1. The Morgan fingerprint density at radius 3 is 2.72 bits per heavy atom. The van der Waals surface area contributed by atoms with E-state index in [-0.39, 0.29) is 16.0 Å². The molecule has 2 N–H and O–H groups in total. The summed E-state index contributed by atoms with van der Waals surface area (Å²) in [6.07, 6.45) is 1.36. The summed E-state index contributed by atoms with van der Waals surface area (Å²) in [5, 5.41) is 19.2. The van der Waals surface area contributed by atoms with E-state index in [4.69, 9.17) is 21.7 Å². The van der Waals surface area contributed by atoms with Crippen LogP contribution in [0, 0.1) is 11.7 Å². The van der Waals surface area contributed by atoms with E-state index >= 15 is 0 Å². The zero-order valence-corrected chi connectivity index (χ0v) is 13.8. The third kappa shape index (κ3) is 3.45. The van der Waals surface area contributed by atoms with Gasteiger partial charge in [-0.15, -0.1) is 0 Å². The lowest BCUT2D eigenvalue weighted by Crippen LogP contribution is -2.22. The number of aromatic carboxylic acids is 1. The second-order valence-electron chi connectivity index (χ2n) is 5.06. The molecule has 1 aromatic carbocycles. The fraction of sp³-hybridized carbons (Fsp3) is 0.0625. The number of rotatable bonds is 4. The van der Waals surface area contributed by atoms with E-state index in [1.807, 2.05) is 0 Å². The number of benzene rings is 1. The Bertz CT molecular complexity index is 1080. The molecule has 3 aromatic rings. The maximum atomic E-state index is 11.9. The van der Waals surface area contributed by atoms with Crippen molar-refractivity contribution in [1.82, 2.24) is 14.9 Å². The van der Waals surface area contributed by atoms with Gasteiger partial charge in [0.2, 0.25) is 4.77 Å². The minimum absolute atomic E-state index is 0.0721. The number of aromatic nitrogens is 3. The normalized spacial score (nSPS) is 11.1. The molecule has 3 rings (SSSR count). The summed E-state index contributed by atoms with van der Waals surface area (Å²) in [5.41, 5.74) is 0.734. The number of hydrogen-bond acceptors (Lipinski definition) is 6. The van der Waals surface area contributed by atoms with Gasteiger partial charge in [0.05, 0.1) is 11.8 Å². The van der Waals surface area contributed by atoms with Crippen molar-refractivity contribution in [3.63, 3.8) is 0 Å². The lowest BCUT2D eigenvalue weighted by molar-refractivity contribution is 0.0697. The van der Waals surface area contributed by atoms with E-state index in [2.05, 4.69) is 15.3 Å². The molecule has 0 bridgehead atoms. The van der Waals surface area contributed by atoms with Crippen LogP contribution in [0.25, 0.3) is 11.3 Å². The predicted octanol–water partition coefficient (Wildman–Crippen LogP) is 2.45. The Kier molecular flexibility index (Phi) is 4.40. The van der Waals surface area contributed by atoms with Gasteiger partial charge in [-0.2, -0.15) is 14.9 Å². The summed E-state index contributed by atoms with van der Waals surface area (Å²) < 4.78 is 6.72. The fourth-order valence-corrected chi connectivity index (χ4v) is 2.22. The van der Waals surface area contributed by atoms with Gasteiger partial charge in [-0.05, 0) is 43.4 Å². The molecule has 0 radical (unpaired) electrons. The molecular formula is C16H12N4O4S. The maximum Gasteiger partial charge on any atom is 0.335 e. The number of H-pyrrole nitrogens is 1. The lowest BCUT2D eigenvalue weighted by Gasteiger charge is -1.99. The molecule has 0 spiro atoms. The molecule has 2 heterocycles. The Morgan fingerprint density at radius 2 is 2.04 bits per heavy atom. The molecule has 0 aliphatic rings. The molecule has 2 aromatic heterocycles. The average molecular weight is 356 g/mol. The van der Waals surface area contributed by atoms with Crippen LogP contribution in [0.1, 0.15) is 21.8 Å². The van der Waals surface area contributed by atoms with Crippen molar-refractivity contribution in [2.45, 2.75) is 6.92 Å². The van der Waals surface area contributed by atoms with Crippen molar-refractivity contribution >= 4 is 24.4 Å². The van der Waals surface area contributed by atoms with Gasteiger partial charge < -0.3 is 9.52 Å². The summed E-state index contributed by atoms with van der Waals surface area (Å²) in [7, 11) is 0. The van der Waals surface area contributed by atoms with Gasteiger partial charge in [0, 0.05) is 5.56 Å². The van der Waals surface area contributed by atoms with E-state index in [0.717, 1.165) is 10.2 Å². The largest absolute Gasteiger partial charge is 0.478 e. The first-order valence-electron chi connectivity index (χ1n) is 7.12. The molecule has 0 atom stereocenters. The third-order valence-corrected chi connectivity index (χ3v) is 3.62. The number of carbonyl (C=O) groups is 1. The van der Waals surface area contributed by atoms with Crippen LogP contribution >= 0.6 is 12.2 Å². The second kappa shape index (κ2) is 6.65. The average Bonchev–Trinajstić information content (AvgIpc) is 3.07. The van der Waals surface area contributed by atoms with Gasteiger partial charge in [-0.3, -0.25) is 9.89 Å². The van der Waals surface area contributed by atoms with Crippen LogP contribution in [0.2, 0.25) is 0 Å². The van der Waals surface area contributed by atoms with E-state index in [0.29, 0.717) is 11.5 Å². The molecule has 0 aliphatic carbocycles. The Balaban J connectivity index is 1.87. The number of carboxylic acids is 1. The number of aryl methyl sites for hydroxylation is 1.